The van der Waals surface area contributed by atoms with Crippen LogP contribution in [0.3, 0.4) is 0 Å². The maximum Gasteiger partial charge on any atom is 0.407 e. The SMILES string of the molecule is CCC(NC(=O)C[C@@H](CNC(=O)OCC1c2ccccc2-c2ccccc21)CC(C)C)C(=O)O. The van der Waals surface area contributed by atoms with Crippen LogP contribution in [0.15, 0.2) is 48.5 Å². The Morgan fingerprint density at radius 3 is 2.12 bits per heavy atom. The Hall–Kier alpha value is -3.35. The molecule has 7 nitrogen and oxygen atoms in total. The average Bonchev–Trinajstić information content (AvgIpc) is 3.13. The van der Waals surface area contributed by atoms with E-state index in [0.717, 1.165) is 17.5 Å². The molecule has 0 saturated carbocycles. The lowest BCUT2D eigenvalue weighted by atomic mass is 9.93. The molecule has 1 unspecified atom stereocenters. The summed E-state index contributed by atoms with van der Waals surface area (Å²) in [6.07, 6.45) is 0.661. The van der Waals surface area contributed by atoms with Gasteiger partial charge in [-0.25, -0.2) is 9.59 Å². The molecule has 2 aromatic rings. The number of nitrogens with one attached hydrogen (secondary N) is 2. The number of hydrogen-bond acceptors (Lipinski definition) is 4. The third-order valence-electron chi connectivity index (χ3n) is 6.20. The Morgan fingerprint density at radius 1 is 1.00 bits per heavy atom. The highest BCUT2D eigenvalue weighted by atomic mass is 16.5. The molecule has 7 heteroatoms. The van der Waals surface area contributed by atoms with Crippen molar-refractivity contribution in [2.45, 2.75) is 52.0 Å². The topological polar surface area (TPSA) is 105 Å². The summed E-state index contributed by atoms with van der Waals surface area (Å²) in [5.74, 6) is -1.19. The number of aliphatic carboxylic acids is 1. The van der Waals surface area contributed by atoms with Crippen LogP contribution in [0, 0.1) is 11.8 Å². The zero-order valence-electron chi connectivity index (χ0n) is 20.0. The Bertz CT molecular complexity index is 974. The van der Waals surface area contributed by atoms with Gasteiger partial charge in [0.25, 0.3) is 0 Å². The normalized spacial score (nSPS) is 14.1. The van der Waals surface area contributed by atoms with Crippen LogP contribution in [0.1, 0.15) is 57.1 Å². The van der Waals surface area contributed by atoms with Crippen LogP contribution in [0.2, 0.25) is 0 Å². The minimum atomic E-state index is -1.05. The van der Waals surface area contributed by atoms with Crippen molar-refractivity contribution >= 4 is 18.0 Å². The predicted octanol–water partition coefficient (Wildman–Crippen LogP) is 4.56. The smallest absolute Gasteiger partial charge is 0.407 e. The Balaban J connectivity index is 1.55. The first kappa shape index (κ1) is 25.3. The van der Waals surface area contributed by atoms with E-state index in [-0.39, 0.29) is 37.3 Å². The molecule has 0 aromatic heterocycles. The Morgan fingerprint density at radius 2 is 1.59 bits per heavy atom. The number of carboxylic acid groups (broad SMARTS) is 1. The molecule has 0 heterocycles. The van der Waals surface area contributed by atoms with Crippen LogP contribution in [-0.4, -0.2) is 42.3 Å². The monoisotopic (exact) mass is 466 g/mol. The fourth-order valence-electron chi connectivity index (χ4n) is 4.64. The molecule has 0 aliphatic heterocycles. The first-order valence-corrected chi connectivity index (χ1v) is 11.9. The highest BCUT2D eigenvalue weighted by Crippen LogP contribution is 2.44. The number of benzene rings is 2. The second kappa shape index (κ2) is 11.7. The van der Waals surface area contributed by atoms with Crippen LogP contribution in [-0.2, 0) is 14.3 Å². The van der Waals surface area contributed by atoms with Crippen molar-refractivity contribution < 1.29 is 24.2 Å². The third kappa shape index (κ3) is 6.37. The number of fused-ring (bicyclic) bond motifs is 3. The lowest BCUT2D eigenvalue weighted by molar-refractivity contribution is -0.142. The molecule has 3 rings (SSSR count). The van der Waals surface area contributed by atoms with E-state index in [4.69, 9.17) is 9.84 Å². The molecule has 2 atom stereocenters. The number of ether oxygens (including phenoxy) is 1. The highest BCUT2D eigenvalue weighted by molar-refractivity contribution is 5.83. The summed E-state index contributed by atoms with van der Waals surface area (Å²) in [7, 11) is 0. The van der Waals surface area contributed by atoms with Crippen molar-refractivity contribution in [1.29, 1.82) is 0 Å². The fraction of sp³-hybridized carbons (Fsp3) is 0.444. The molecular formula is C27H34N2O5. The average molecular weight is 467 g/mol. The van der Waals surface area contributed by atoms with Crippen LogP contribution in [0.4, 0.5) is 4.79 Å². The summed E-state index contributed by atoms with van der Waals surface area (Å²) in [6, 6.07) is 15.4. The van der Waals surface area contributed by atoms with Gasteiger partial charge in [0.2, 0.25) is 5.91 Å². The van der Waals surface area contributed by atoms with E-state index >= 15 is 0 Å². The standard InChI is InChI=1S/C27H34N2O5/c1-4-24(26(31)32)29-25(30)14-18(13-17(2)3)15-28-27(33)34-16-23-21-11-7-5-9-19(21)20-10-6-8-12-22(20)23/h5-12,17-18,23-24H,4,13-16H2,1-3H3,(H,28,33)(H,29,30)(H,31,32)/t18-,24?/m0/s1. The summed E-state index contributed by atoms with van der Waals surface area (Å²) in [5.41, 5.74) is 4.63. The van der Waals surface area contributed by atoms with Crippen LogP contribution in [0.25, 0.3) is 11.1 Å². The first-order chi connectivity index (χ1) is 16.3. The summed E-state index contributed by atoms with van der Waals surface area (Å²) in [6.45, 7) is 6.32. The van der Waals surface area contributed by atoms with Crippen LogP contribution < -0.4 is 10.6 Å². The number of hydrogen-bond donors (Lipinski definition) is 3. The van der Waals surface area contributed by atoms with Crippen LogP contribution >= 0.6 is 0 Å². The van der Waals surface area contributed by atoms with E-state index in [0.29, 0.717) is 12.3 Å². The zero-order chi connectivity index (χ0) is 24.7. The van der Waals surface area contributed by atoms with Gasteiger partial charge in [0.05, 0.1) is 0 Å². The summed E-state index contributed by atoms with van der Waals surface area (Å²) in [5, 5.41) is 14.5. The minimum absolute atomic E-state index is 0.0163. The molecule has 3 N–H and O–H groups in total. The number of carbonyl (C=O) groups excluding carboxylic acids is 2. The van der Waals surface area contributed by atoms with Gasteiger partial charge in [0.1, 0.15) is 12.6 Å². The van der Waals surface area contributed by atoms with Gasteiger partial charge in [-0.3, -0.25) is 4.79 Å². The van der Waals surface area contributed by atoms with E-state index in [9.17, 15) is 14.4 Å². The van der Waals surface area contributed by atoms with E-state index < -0.39 is 18.1 Å². The van der Waals surface area contributed by atoms with Crippen molar-refractivity contribution in [3.63, 3.8) is 0 Å². The molecule has 1 aliphatic rings. The maximum atomic E-state index is 12.5. The second-order valence-electron chi connectivity index (χ2n) is 9.27. The van der Waals surface area contributed by atoms with E-state index in [2.05, 4.69) is 34.9 Å². The molecule has 1 aliphatic carbocycles. The maximum absolute atomic E-state index is 12.5. The Labute approximate surface area is 200 Å². The number of amides is 2. The van der Waals surface area contributed by atoms with Crippen molar-refractivity contribution in [2.24, 2.45) is 11.8 Å². The predicted molar refractivity (Wildman–Crippen MR) is 130 cm³/mol. The van der Waals surface area contributed by atoms with Crippen molar-refractivity contribution in [2.75, 3.05) is 13.2 Å². The zero-order valence-corrected chi connectivity index (χ0v) is 20.0. The number of carboxylic acids is 1. The van der Waals surface area contributed by atoms with Crippen molar-refractivity contribution in [3.05, 3.63) is 59.7 Å². The van der Waals surface area contributed by atoms with Gasteiger partial charge in [0.15, 0.2) is 0 Å². The minimum Gasteiger partial charge on any atom is -0.480 e. The molecule has 34 heavy (non-hydrogen) atoms. The quantitative estimate of drug-likeness (QED) is 0.450. The molecule has 2 amide bonds. The number of carbonyl (C=O) groups is 3. The molecule has 0 radical (unpaired) electrons. The molecule has 0 bridgehead atoms. The van der Waals surface area contributed by atoms with Crippen molar-refractivity contribution in [3.8, 4) is 11.1 Å². The van der Waals surface area contributed by atoms with Gasteiger partial charge < -0.3 is 20.5 Å². The summed E-state index contributed by atoms with van der Waals surface area (Å²) in [4.78, 5) is 36.1. The highest BCUT2D eigenvalue weighted by Gasteiger charge is 2.29. The van der Waals surface area contributed by atoms with Gasteiger partial charge in [-0.15, -0.1) is 0 Å². The largest absolute Gasteiger partial charge is 0.480 e. The van der Waals surface area contributed by atoms with Crippen molar-refractivity contribution in [1.82, 2.24) is 10.6 Å². The molecule has 0 spiro atoms. The first-order valence-electron chi connectivity index (χ1n) is 11.9. The van der Waals surface area contributed by atoms with Gasteiger partial charge in [0, 0.05) is 18.9 Å². The van der Waals surface area contributed by atoms with E-state index in [1.54, 1.807) is 6.92 Å². The number of alkyl carbamates (subject to hydrolysis) is 1. The van der Waals surface area contributed by atoms with E-state index in [1.807, 2.05) is 38.1 Å². The Kier molecular flexibility index (Phi) is 8.68. The molecule has 2 aromatic carbocycles. The van der Waals surface area contributed by atoms with E-state index in [1.165, 1.54) is 11.1 Å². The molecule has 0 saturated heterocycles. The van der Waals surface area contributed by atoms with Gasteiger partial charge in [-0.2, -0.15) is 0 Å². The second-order valence-corrected chi connectivity index (χ2v) is 9.27. The number of rotatable bonds is 11. The molecule has 182 valence electrons. The van der Waals surface area contributed by atoms with Gasteiger partial charge in [-0.05, 0) is 46.9 Å². The lowest BCUT2D eigenvalue weighted by Gasteiger charge is -2.21. The summed E-state index contributed by atoms with van der Waals surface area (Å²) >= 11 is 0. The fourth-order valence-corrected chi connectivity index (χ4v) is 4.64. The summed E-state index contributed by atoms with van der Waals surface area (Å²) < 4.78 is 5.59. The third-order valence-corrected chi connectivity index (χ3v) is 6.20. The molecule has 0 fully saturated rings. The van der Waals surface area contributed by atoms with Crippen LogP contribution in [0.5, 0.6) is 0 Å². The lowest BCUT2D eigenvalue weighted by Crippen LogP contribution is -2.42. The van der Waals surface area contributed by atoms with Gasteiger partial charge >= 0.3 is 12.1 Å². The van der Waals surface area contributed by atoms with Gasteiger partial charge in [-0.1, -0.05) is 69.3 Å². The molecular weight excluding hydrogens is 432 g/mol.